The van der Waals surface area contributed by atoms with Crippen LogP contribution in [0.5, 0.6) is 5.75 Å². The first kappa shape index (κ1) is 25.4. The molecule has 2 aromatic carbocycles. The van der Waals surface area contributed by atoms with E-state index in [-0.39, 0.29) is 22.5 Å². The first-order chi connectivity index (χ1) is 14.9. The molecule has 3 N–H and O–H groups in total. The molecule has 8 heteroatoms. The van der Waals surface area contributed by atoms with Crippen molar-refractivity contribution in [3.05, 3.63) is 58.7 Å². The van der Waals surface area contributed by atoms with Crippen molar-refractivity contribution < 1.29 is 24.4 Å². The molecule has 0 unspecified atom stereocenters. The topological polar surface area (TPSA) is 99.1 Å². The maximum absolute atomic E-state index is 13.6. The van der Waals surface area contributed by atoms with Gasteiger partial charge < -0.3 is 14.8 Å². The molecule has 0 fully saturated rings. The number of rotatable bonds is 6. The molecule has 2 amide bonds. The minimum absolute atomic E-state index is 0.215. The summed E-state index contributed by atoms with van der Waals surface area (Å²) in [5, 5.41) is 20.6. The second-order valence-electron chi connectivity index (χ2n) is 9.05. The lowest BCUT2D eigenvalue weighted by Crippen LogP contribution is -2.56. The van der Waals surface area contributed by atoms with E-state index in [0.29, 0.717) is 28.9 Å². The number of nitrogens with one attached hydrogen (secondary N) is 1. The number of nitrogens with zero attached hydrogens (tertiary/aromatic N) is 1. The monoisotopic (exact) mass is 440 g/mol. The van der Waals surface area contributed by atoms with Crippen LogP contribution in [0.1, 0.15) is 66.0 Å². The Morgan fingerprint density at radius 1 is 1.16 bits per heavy atom. The average Bonchev–Trinajstić information content (AvgIpc) is 2.71. The maximum atomic E-state index is 13.6. The van der Waals surface area contributed by atoms with Crippen molar-refractivity contribution in [2.75, 3.05) is 7.11 Å². The number of hydrogen-bond acceptors (Lipinski definition) is 5. The van der Waals surface area contributed by atoms with Crippen molar-refractivity contribution in [1.29, 1.82) is 0 Å². The molecule has 0 aliphatic rings. The van der Waals surface area contributed by atoms with Gasteiger partial charge in [0.2, 0.25) is 0 Å². The van der Waals surface area contributed by atoms with E-state index < -0.39 is 18.9 Å². The highest BCUT2D eigenvalue weighted by molar-refractivity contribution is 6.58. The van der Waals surface area contributed by atoms with Crippen LogP contribution in [0.25, 0.3) is 0 Å². The van der Waals surface area contributed by atoms with Gasteiger partial charge in [-0.05, 0) is 55.4 Å². The summed E-state index contributed by atoms with van der Waals surface area (Å²) in [6.45, 7) is 11.5. The molecule has 0 spiro atoms. The molecular weight excluding hydrogens is 407 g/mol. The van der Waals surface area contributed by atoms with Crippen LogP contribution in [0.2, 0.25) is 0 Å². The van der Waals surface area contributed by atoms with E-state index >= 15 is 0 Å². The minimum Gasteiger partial charge on any atom is -0.496 e. The second kappa shape index (κ2) is 10.2. The van der Waals surface area contributed by atoms with E-state index in [1.54, 1.807) is 44.2 Å². The molecule has 0 bridgehead atoms. The van der Waals surface area contributed by atoms with Crippen LogP contribution < -0.4 is 15.6 Å². The van der Waals surface area contributed by atoms with Gasteiger partial charge in [-0.2, -0.15) is 0 Å². The van der Waals surface area contributed by atoms with Crippen LogP contribution in [0.4, 0.5) is 0 Å². The summed E-state index contributed by atoms with van der Waals surface area (Å²) in [7, 11) is -0.161. The van der Waals surface area contributed by atoms with Gasteiger partial charge in [-0.15, -0.1) is 0 Å². The summed E-state index contributed by atoms with van der Waals surface area (Å²) in [5.41, 5.74) is 4.74. The largest absolute Gasteiger partial charge is 0.496 e. The van der Waals surface area contributed by atoms with Crippen molar-refractivity contribution >= 4 is 24.4 Å². The molecule has 0 saturated carbocycles. The van der Waals surface area contributed by atoms with E-state index in [0.717, 1.165) is 0 Å². The Labute approximate surface area is 190 Å². The third kappa shape index (κ3) is 5.69. The Morgan fingerprint density at radius 2 is 1.81 bits per heavy atom. The number of benzene rings is 2. The van der Waals surface area contributed by atoms with Crippen LogP contribution in [0, 0.1) is 19.3 Å². The van der Waals surface area contributed by atoms with Crippen LogP contribution in [-0.2, 0) is 0 Å². The zero-order valence-corrected chi connectivity index (χ0v) is 19.9. The lowest BCUT2D eigenvalue weighted by molar-refractivity contribution is 0.0284. The first-order valence-electron chi connectivity index (χ1n) is 10.7. The van der Waals surface area contributed by atoms with Gasteiger partial charge in [0.15, 0.2) is 0 Å². The van der Waals surface area contributed by atoms with Gasteiger partial charge in [-0.25, -0.2) is 5.01 Å². The summed E-state index contributed by atoms with van der Waals surface area (Å²) in [6, 6.07) is 9.57. The Kier molecular flexibility index (Phi) is 8.10. The van der Waals surface area contributed by atoms with Crippen molar-refractivity contribution in [3.63, 3.8) is 0 Å². The fraction of sp³-hybridized carbons (Fsp3) is 0.417. The number of carbonyl (C=O) groups is 2. The molecule has 2 aromatic rings. The van der Waals surface area contributed by atoms with Gasteiger partial charge >= 0.3 is 7.12 Å². The van der Waals surface area contributed by atoms with Crippen molar-refractivity contribution in [1.82, 2.24) is 10.4 Å². The quantitative estimate of drug-likeness (QED) is 0.474. The zero-order valence-electron chi connectivity index (χ0n) is 19.9. The Morgan fingerprint density at radius 3 is 2.34 bits per heavy atom. The fourth-order valence-corrected chi connectivity index (χ4v) is 3.93. The Hall–Kier alpha value is -2.84. The summed E-state index contributed by atoms with van der Waals surface area (Å²) < 4.78 is 5.32. The highest BCUT2D eigenvalue weighted by Crippen LogP contribution is 2.28. The molecule has 0 aliphatic heterocycles. The van der Waals surface area contributed by atoms with Gasteiger partial charge in [0, 0.05) is 16.7 Å². The van der Waals surface area contributed by atoms with Gasteiger partial charge in [-0.3, -0.25) is 15.0 Å². The SMILES string of the molecule is CC[C@@H](N(NC(=O)c1cccc(OC)c1C)C(=O)c1cc(C)cc(B(O)O)c1)C(C)(C)C. The smallest absolute Gasteiger partial charge is 0.488 e. The zero-order chi connectivity index (χ0) is 24.2. The van der Waals surface area contributed by atoms with Crippen LogP contribution in [0.3, 0.4) is 0 Å². The standard InChI is InChI=1S/C24H33BN2O5/c1-8-21(24(4,5)6)27(23(29)17-12-15(2)13-18(14-17)25(30)31)26-22(28)19-10-9-11-20(32-7)16(19)3/h9-14,21,30-31H,8H2,1-7H3,(H,26,28)/t21-/m1/s1. The number of hydrogen-bond donors (Lipinski definition) is 3. The molecule has 0 heterocycles. The number of hydrazine groups is 1. The molecule has 0 aliphatic carbocycles. The molecule has 1 atom stereocenters. The minimum atomic E-state index is -1.70. The van der Waals surface area contributed by atoms with E-state index in [1.807, 2.05) is 27.7 Å². The molecular formula is C24H33BN2O5. The predicted octanol–water partition coefficient (Wildman–Crippen LogP) is 2.60. The molecule has 7 nitrogen and oxygen atoms in total. The first-order valence-corrected chi connectivity index (χ1v) is 10.7. The van der Waals surface area contributed by atoms with Crippen LogP contribution in [0.15, 0.2) is 36.4 Å². The van der Waals surface area contributed by atoms with E-state index in [9.17, 15) is 19.6 Å². The summed E-state index contributed by atoms with van der Waals surface area (Å²) >= 11 is 0. The third-order valence-electron chi connectivity index (χ3n) is 5.53. The summed E-state index contributed by atoms with van der Waals surface area (Å²) in [6.07, 6.45) is 0.605. The molecule has 0 aromatic heterocycles. The fourth-order valence-electron chi connectivity index (χ4n) is 3.93. The van der Waals surface area contributed by atoms with Gasteiger partial charge in [0.1, 0.15) is 5.75 Å². The lowest BCUT2D eigenvalue weighted by atomic mass is 9.78. The van der Waals surface area contributed by atoms with Gasteiger partial charge in [0.25, 0.3) is 11.8 Å². The Balaban J connectivity index is 2.52. The van der Waals surface area contributed by atoms with E-state index in [1.165, 1.54) is 18.2 Å². The highest BCUT2D eigenvalue weighted by atomic mass is 16.5. The van der Waals surface area contributed by atoms with Gasteiger partial charge in [0.05, 0.1) is 13.2 Å². The van der Waals surface area contributed by atoms with Crippen molar-refractivity contribution in [3.8, 4) is 5.75 Å². The third-order valence-corrected chi connectivity index (χ3v) is 5.53. The van der Waals surface area contributed by atoms with E-state index in [2.05, 4.69) is 5.43 Å². The lowest BCUT2D eigenvalue weighted by Gasteiger charge is -2.39. The summed E-state index contributed by atoms with van der Waals surface area (Å²) in [4.78, 5) is 26.8. The number of methoxy groups -OCH3 is 1. The normalized spacial score (nSPS) is 12.2. The Bertz CT molecular complexity index is 985. The van der Waals surface area contributed by atoms with Gasteiger partial charge in [-0.1, -0.05) is 45.4 Å². The van der Waals surface area contributed by atoms with Crippen LogP contribution >= 0.6 is 0 Å². The number of aryl methyl sites for hydroxylation is 1. The molecule has 172 valence electrons. The average molecular weight is 440 g/mol. The predicted molar refractivity (Wildman–Crippen MR) is 126 cm³/mol. The van der Waals surface area contributed by atoms with Crippen molar-refractivity contribution in [2.45, 2.75) is 54.0 Å². The van der Waals surface area contributed by atoms with E-state index in [4.69, 9.17) is 4.74 Å². The molecule has 0 radical (unpaired) electrons. The maximum Gasteiger partial charge on any atom is 0.488 e. The molecule has 0 saturated heterocycles. The highest BCUT2D eigenvalue weighted by Gasteiger charge is 2.35. The van der Waals surface area contributed by atoms with Crippen LogP contribution in [-0.4, -0.2) is 47.1 Å². The molecule has 2 rings (SSSR count). The molecule has 32 heavy (non-hydrogen) atoms. The number of amides is 2. The number of carbonyl (C=O) groups excluding carboxylic acids is 2. The second-order valence-corrected chi connectivity index (χ2v) is 9.05. The van der Waals surface area contributed by atoms with Crippen molar-refractivity contribution in [2.24, 2.45) is 5.41 Å². The summed E-state index contributed by atoms with van der Waals surface area (Å²) in [5.74, 6) is -0.266. The number of ether oxygens (including phenoxy) is 1.